The molecule has 0 atom stereocenters. The molecule has 5 nitrogen and oxygen atoms in total. The molecule has 0 spiro atoms. The zero-order valence-corrected chi connectivity index (χ0v) is 8.76. The summed E-state index contributed by atoms with van der Waals surface area (Å²) in [6, 6.07) is -0.151. The second-order valence-corrected chi connectivity index (χ2v) is 4.82. The average molecular weight is 225 g/mol. The highest BCUT2D eigenvalue weighted by Gasteiger charge is 2.27. The van der Waals surface area contributed by atoms with Gasteiger partial charge in [0.15, 0.2) is 0 Å². The molecular formula is C7H16FN3O2S. The van der Waals surface area contributed by atoms with Gasteiger partial charge in [0.1, 0.15) is 6.67 Å². The van der Waals surface area contributed by atoms with Crippen molar-refractivity contribution in [2.75, 3.05) is 26.3 Å². The quantitative estimate of drug-likeness (QED) is 0.658. The number of hydrogen-bond donors (Lipinski definition) is 2. The Balaban J connectivity index is 2.66. The van der Waals surface area contributed by atoms with E-state index in [1.807, 2.05) is 0 Å². The Morgan fingerprint density at radius 3 is 2.43 bits per heavy atom. The van der Waals surface area contributed by atoms with E-state index < -0.39 is 16.9 Å². The summed E-state index contributed by atoms with van der Waals surface area (Å²) in [5.74, 6) is 0. The third-order valence-corrected chi connectivity index (χ3v) is 3.48. The van der Waals surface area contributed by atoms with Crippen molar-refractivity contribution in [3.8, 4) is 0 Å². The van der Waals surface area contributed by atoms with Gasteiger partial charge in [-0.05, 0) is 25.9 Å². The van der Waals surface area contributed by atoms with E-state index in [1.165, 1.54) is 0 Å². The van der Waals surface area contributed by atoms with Gasteiger partial charge >= 0.3 is 0 Å². The van der Waals surface area contributed by atoms with Crippen molar-refractivity contribution in [1.29, 1.82) is 0 Å². The third kappa shape index (κ3) is 3.16. The van der Waals surface area contributed by atoms with Gasteiger partial charge in [-0.3, -0.25) is 0 Å². The second kappa shape index (κ2) is 5.01. The molecule has 0 saturated carbocycles. The highest BCUT2D eigenvalue weighted by molar-refractivity contribution is 7.86. The standard InChI is InChI=1S/C7H16FN3O2S/c8-3-6-11(14(9,12)13)7-1-4-10-5-2-7/h7,10H,1-6H2,(H2,9,12,13). The Kier molecular flexibility index (Phi) is 4.24. The van der Waals surface area contributed by atoms with Crippen molar-refractivity contribution in [3.05, 3.63) is 0 Å². The smallest absolute Gasteiger partial charge is 0.277 e. The second-order valence-electron chi connectivity index (χ2n) is 3.33. The molecule has 1 saturated heterocycles. The minimum absolute atomic E-state index is 0.135. The number of piperidine rings is 1. The summed E-state index contributed by atoms with van der Waals surface area (Å²) in [5, 5.41) is 8.11. The maximum Gasteiger partial charge on any atom is 0.277 e. The van der Waals surface area contributed by atoms with E-state index in [1.54, 1.807) is 0 Å². The maximum atomic E-state index is 12.2. The summed E-state index contributed by atoms with van der Waals surface area (Å²) in [6.45, 7) is 0.676. The van der Waals surface area contributed by atoms with Crippen LogP contribution in [0.1, 0.15) is 12.8 Å². The van der Waals surface area contributed by atoms with Crippen LogP contribution in [-0.4, -0.2) is 45.1 Å². The van der Waals surface area contributed by atoms with Crippen LogP contribution >= 0.6 is 0 Å². The van der Waals surface area contributed by atoms with Crippen molar-refractivity contribution in [2.24, 2.45) is 5.14 Å². The Morgan fingerprint density at radius 1 is 1.43 bits per heavy atom. The van der Waals surface area contributed by atoms with Gasteiger partial charge in [-0.15, -0.1) is 0 Å². The van der Waals surface area contributed by atoms with E-state index in [0.717, 1.165) is 17.4 Å². The van der Waals surface area contributed by atoms with Crippen molar-refractivity contribution >= 4 is 10.2 Å². The van der Waals surface area contributed by atoms with Crippen LogP contribution in [0.2, 0.25) is 0 Å². The molecule has 7 heteroatoms. The van der Waals surface area contributed by atoms with E-state index in [9.17, 15) is 12.8 Å². The number of nitrogens with one attached hydrogen (secondary N) is 1. The number of hydrogen-bond acceptors (Lipinski definition) is 3. The Bertz CT molecular complexity index is 264. The van der Waals surface area contributed by atoms with Crippen LogP contribution in [0.25, 0.3) is 0 Å². The minimum Gasteiger partial charge on any atom is -0.317 e. The molecule has 0 bridgehead atoms. The van der Waals surface area contributed by atoms with Crippen molar-refractivity contribution in [3.63, 3.8) is 0 Å². The first-order chi connectivity index (χ1) is 6.55. The zero-order valence-electron chi connectivity index (χ0n) is 7.95. The van der Waals surface area contributed by atoms with E-state index in [4.69, 9.17) is 5.14 Å². The number of nitrogens with zero attached hydrogens (tertiary/aromatic N) is 1. The SMILES string of the molecule is NS(=O)(=O)N(CCF)C1CCNCC1. The van der Waals surface area contributed by atoms with Gasteiger partial charge in [0.05, 0.1) is 0 Å². The number of alkyl halides is 1. The van der Waals surface area contributed by atoms with E-state index in [-0.39, 0.29) is 12.6 Å². The molecule has 3 N–H and O–H groups in total. The normalized spacial score (nSPS) is 20.2. The summed E-state index contributed by atoms with van der Waals surface area (Å²) in [4.78, 5) is 0. The van der Waals surface area contributed by atoms with Crippen LogP contribution in [0.5, 0.6) is 0 Å². The molecule has 0 unspecified atom stereocenters. The highest BCUT2D eigenvalue weighted by atomic mass is 32.2. The minimum atomic E-state index is -3.76. The van der Waals surface area contributed by atoms with Crippen LogP contribution in [0.3, 0.4) is 0 Å². The average Bonchev–Trinajstić information content (AvgIpc) is 2.14. The molecule has 1 rings (SSSR count). The molecule has 0 aliphatic carbocycles. The molecule has 0 radical (unpaired) electrons. The lowest BCUT2D eigenvalue weighted by Gasteiger charge is -2.31. The van der Waals surface area contributed by atoms with Crippen LogP contribution in [-0.2, 0) is 10.2 Å². The fourth-order valence-corrected chi connectivity index (χ4v) is 2.65. The fourth-order valence-electron chi connectivity index (χ4n) is 1.70. The first-order valence-electron chi connectivity index (χ1n) is 4.62. The summed E-state index contributed by atoms with van der Waals surface area (Å²) >= 11 is 0. The van der Waals surface area contributed by atoms with Crippen LogP contribution < -0.4 is 10.5 Å². The molecule has 1 fully saturated rings. The Hall–Kier alpha value is -0.240. The molecule has 14 heavy (non-hydrogen) atoms. The number of halogens is 1. The van der Waals surface area contributed by atoms with E-state index in [0.29, 0.717) is 12.8 Å². The van der Waals surface area contributed by atoms with Gasteiger partial charge in [0.25, 0.3) is 10.2 Å². The van der Waals surface area contributed by atoms with Crippen LogP contribution in [0.4, 0.5) is 4.39 Å². The molecule has 0 aromatic rings. The van der Waals surface area contributed by atoms with E-state index in [2.05, 4.69) is 5.32 Å². The van der Waals surface area contributed by atoms with Crippen molar-refractivity contribution < 1.29 is 12.8 Å². The number of nitrogens with two attached hydrogens (primary N) is 1. The lowest BCUT2D eigenvalue weighted by atomic mass is 10.1. The zero-order chi connectivity index (χ0) is 10.6. The lowest BCUT2D eigenvalue weighted by molar-refractivity contribution is 0.245. The molecule has 0 aromatic carbocycles. The maximum absolute atomic E-state index is 12.2. The first-order valence-corrected chi connectivity index (χ1v) is 6.12. The van der Waals surface area contributed by atoms with Gasteiger partial charge in [-0.1, -0.05) is 0 Å². The summed E-state index contributed by atoms with van der Waals surface area (Å²) < 4.78 is 35.5. The van der Waals surface area contributed by atoms with Crippen molar-refractivity contribution in [2.45, 2.75) is 18.9 Å². The molecule has 1 heterocycles. The first kappa shape index (κ1) is 11.8. The van der Waals surface area contributed by atoms with Crippen LogP contribution in [0.15, 0.2) is 0 Å². The predicted octanol–water partition coefficient (Wildman–Crippen LogP) is -0.787. The topological polar surface area (TPSA) is 75.4 Å². The molecule has 0 aromatic heterocycles. The summed E-state index contributed by atoms with van der Waals surface area (Å²) in [5.41, 5.74) is 0. The Morgan fingerprint density at radius 2 is 2.00 bits per heavy atom. The molecular weight excluding hydrogens is 209 g/mol. The van der Waals surface area contributed by atoms with Gasteiger partial charge < -0.3 is 5.32 Å². The number of rotatable bonds is 4. The van der Waals surface area contributed by atoms with Gasteiger partial charge in [0, 0.05) is 12.6 Å². The van der Waals surface area contributed by atoms with Gasteiger partial charge in [-0.25, -0.2) is 9.53 Å². The lowest BCUT2D eigenvalue weighted by Crippen LogP contribution is -2.49. The molecule has 1 aliphatic heterocycles. The Labute approximate surface area is 83.6 Å². The largest absolute Gasteiger partial charge is 0.317 e. The summed E-state index contributed by atoms with van der Waals surface area (Å²) in [7, 11) is -3.76. The monoisotopic (exact) mass is 225 g/mol. The molecule has 1 aliphatic rings. The van der Waals surface area contributed by atoms with Gasteiger partial charge in [0.2, 0.25) is 0 Å². The van der Waals surface area contributed by atoms with Crippen molar-refractivity contribution in [1.82, 2.24) is 9.62 Å². The van der Waals surface area contributed by atoms with Gasteiger partial charge in [-0.2, -0.15) is 12.7 Å². The fraction of sp³-hybridized carbons (Fsp3) is 1.00. The third-order valence-electron chi connectivity index (χ3n) is 2.35. The van der Waals surface area contributed by atoms with E-state index >= 15 is 0 Å². The molecule has 0 amide bonds. The van der Waals surface area contributed by atoms with Crippen LogP contribution in [0, 0.1) is 0 Å². The summed E-state index contributed by atoms with van der Waals surface area (Å²) in [6.07, 6.45) is 1.38. The highest BCUT2D eigenvalue weighted by Crippen LogP contribution is 2.13. The predicted molar refractivity (Wildman–Crippen MR) is 51.7 cm³/mol. The molecule has 84 valence electrons.